The number of nitrogens with one attached hydrogen (secondary N) is 2. The van der Waals surface area contributed by atoms with Crippen LogP contribution in [-0.4, -0.2) is 44.9 Å². The number of para-hydroxylation sites is 1. The number of nitrogens with zero attached hydrogens (tertiary/aromatic N) is 4. The smallest absolute Gasteiger partial charge is 0.317 e. The summed E-state index contributed by atoms with van der Waals surface area (Å²) < 4.78 is 1.63. The first kappa shape index (κ1) is 16.1. The van der Waals surface area contributed by atoms with E-state index in [9.17, 15) is 9.59 Å². The fourth-order valence-corrected chi connectivity index (χ4v) is 3.01. The number of fused-ring (bicyclic) bond motifs is 1. The van der Waals surface area contributed by atoms with Gasteiger partial charge in [-0.25, -0.2) is 9.48 Å². The molecule has 0 saturated carbocycles. The number of aromatic nitrogens is 3. The third kappa shape index (κ3) is 2.97. The van der Waals surface area contributed by atoms with Crippen molar-refractivity contribution < 1.29 is 9.59 Å². The molecule has 2 N–H and O–H groups in total. The molecule has 26 heavy (non-hydrogen) atoms. The number of hydrogen-bond acceptors (Lipinski definition) is 4. The third-order valence-electron chi connectivity index (χ3n) is 4.44. The van der Waals surface area contributed by atoms with Crippen molar-refractivity contribution in [2.24, 2.45) is 7.05 Å². The normalized spacial score (nSPS) is 13.9. The van der Waals surface area contributed by atoms with Crippen LogP contribution in [0.2, 0.25) is 0 Å². The lowest BCUT2D eigenvalue weighted by molar-refractivity contribution is 0.102. The minimum absolute atomic E-state index is 0.0831. The van der Waals surface area contributed by atoms with Crippen molar-refractivity contribution in [3.63, 3.8) is 0 Å². The summed E-state index contributed by atoms with van der Waals surface area (Å²) in [6.45, 7) is 1.75. The van der Waals surface area contributed by atoms with Crippen LogP contribution in [0.4, 0.5) is 10.5 Å². The van der Waals surface area contributed by atoms with E-state index in [-0.39, 0.29) is 11.9 Å². The van der Waals surface area contributed by atoms with Crippen LogP contribution in [0.3, 0.4) is 0 Å². The van der Waals surface area contributed by atoms with E-state index >= 15 is 0 Å². The van der Waals surface area contributed by atoms with Gasteiger partial charge in [0.1, 0.15) is 5.52 Å². The van der Waals surface area contributed by atoms with E-state index < -0.39 is 0 Å². The van der Waals surface area contributed by atoms with Crippen LogP contribution in [0.15, 0.2) is 42.5 Å². The Morgan fingerprint density at radius 2 is 2.12 bits per heavy atom. The van der Waals surface area contributed by atoms with Crippen LogP contribution in [-0.2, 0) is 13.6 Å². The largest absolute Gasteiger partial charge is 0.336 e. The topological polar surface area (TPSA) is 92.2 Å². The second kappa shape index (κ2) is 6.47. The molecule has 0 atom stereocenters. The Balaban J connectivity index is 1.57. The number of urea groups is 1. The van der Waals surface area contributed by atoms with Gasteiger partial charge in [0.15, 0.2) is 0 Å². The predicted molar refractivity (Wildman–Crippen MR) is 96.7 cm³/mol. The number of amides is 3. The van der Waals surface area contributed by atoms with Crippen molar-refractivity contribution in [1.29, 1.82) is 0 Å². The molecule has 0 aliphatic carbocycles. The summed E-state index contributed by atoms with van der Waals surface area (Å²) in [6, 6.07) is 12.7. The molecule has 0 spiro atoms. The summed E-state index contributed by atoms with van der Waals surface area (Å²) in [5, 5.41) is 13.7. The molecule has 2 aromatic carbocycles. The van der Waals surface area contributed by atoms with Crippen LogP contribution in [0, 0.1) is 0 Å². The molecule has 3 amide bonds. The molecule has 0 radical (unpaired) electrons. The highest BCUT2D eigenvalue weighted by Crippen LogP contribution is 2.20. The molecule has 132 valence electrons. The minimum Gasteiger partial charge on any atom is -0.336 e. The number of hydrogen-bond donors (Lipinski definition) is 2. The van der Waals surface area contributed by atoms with Crippen molar-refractivity contribution in [3.05, 3.63) is 53.6 Å². The fraction of sp³-hybridized carbons (Fsp3) is 0.222. The zero-order chi connectivity index (χ0) is 18.1. The standard InChI is InChI=1S/C18H18N6O2/c1-23-16-10-12(6-7-15(16)21-22-23)17(25)20-14-5-3-2-4-13(14)11-24-9-8-19-18(24)26/h2-7,10H,8-9,11H2,1H3,(H,19,26)(H,20,25). The number of aryl methyl sites for hydroxylation is 1. The van der Waals surface area contributed by atoms with Crippen LogP contribution in [0.1, 0.15) is 15.9 Å². The Labute approximate surface area is 149 Å². The van der Waals surface area contributed by atoms with E-state index in [1.165, 1.54) is 0 Å². The Bertz CT molecular complexity index is 996. The highest BCUT2D eigenvalue weighted by molar-refractivity contribution is 6.06. The van der Waals surface area contributed by atoms with Gasteiger partial charge >= 0.3 is 6.03 Å². The Morgan fingerprint density at radius 1 is 1.27 bits per heavy atom. The maximum absolute atomic E-state index is 12.7. The van der Waals surface area contributed by atoms with Crippen molar-refractivity contribution in [2.45, 2.75) is 6.54 Å². The van der Waals surface area contributed by atoms with Gasteiger partial charge in [0.05, 0.1) is 5.52 Å². The monoisotopic (exact) mass is 350 g/mol. The first-order valence-corrected chi connectivity index (χ1v) is 8.33. The summed E-state index contributed by atoms with van der Waals surface area (Å²) in [4.78, 5) is 26.2. The van der Waals surface area contributed by atoms with Crippen LogP contribution in [0.25, 0.3) is 11.0 Å². The molecule has 1 aromatic heterocycles. The Morgan fingerprint density at radius 3 is 2.92 bits per heavy atom. The van der Waals surface area contributed by atoms with E-state index in [2.05, 4.69) is 20.9 Å². The molecule has 2 heterocycles. The zero-order valence-corrected chi connectivity index (χ0v) is 14.3. The molecule has 0 bridgehead atoms. The molecule has 1 aliphatic heterocycles. The van der Waals surface area contributed by atoms with Gasteiger partial charge in [-0.15, -0.1) is 5.10 Å². The second-order valence-electron chi connectivity index (χ2n) is 6.18. The summed E-state index contributed by atoms with van der Waals surface area (Å²) in [5.74, 6) is -0.216. The maximum atomic E-state index is 12.7. The van der Waals surface area contributed by atoms with Crippen LogP contribution < -0.4 is 10.6 Å². The molecule has 0 unspecified atom stereocenters. The van der Waals surface area contributed by atoms with Crippen molar-refractivity contribution >= 4 is 28.7 Å². The Kier molecular flexibility index (Phi) is 4.00. The van der Waals surface area contributed by atoms with Crippen LogP contribution in [0.5, 0.6) is 0 Å². The number of carbonyl (C=O) groups excluding carboxylic acids is 2. The highest BCUT2D eigenvalue weighted by atomic mass is 16.2. The molecule has 3 aromatic rings. The number of anilines is 1. The number of benzene rings is 2. The average molecular weight is 350 g/mol. The van der Waals surface area contributed by atoms with E-state index in [0.29, 0.717) is 30.9 Å². The summed E-state index contributed by atoms with van der Waals surface area (Å²) in [5.41, 5.74) is 3.64. The van der Waals surface area contributed by atoms with E-state index in [1.54, 1.807) is 34.8 Å². The van der Waals surface area contributed by atoms with Gasteiger partial charge in [-0.1, -0.05) is 23.4 Å². The lowest BCUT2D eigenvalue weighted by atomic mass is 10.1. The van der Waals surface area contributed by atoms with Gasteiger partial charge in [-0.05, 0) is 29.8 Å². The molecular weight excluding hydrogens is 332 g/mol. The lowest BCUT2D eigenvalue weighted by Crippen LogP contribution is -2.28. The maximum Gasteiger partial charge on any atom is 0.317 e. The fourth-order valence-electron chi connectivity index (χ4n) is 3.01. The van der Waals surface area contributed by atoms with E-state index in [1.807, 2.05) is 24.3 Å². The SMILES string of the molecule is Cn1nnc2ccc(C(=O)Nc3ccccc3CN3CCNC3=O)cc21. The van der Waals surface area contributed by atoms with Crippen LogP contribution >= 0.6 is 0 Å². The van der Waals surface area contributed by atoms with Gasteiger partial charge in [-0.3, -0.25) is 4.79 Å². The minimum atomic E-state index is -0.216. The van der Waals surface area contributed by atoms with Crippen molar-refractivity contribution in [1.82, 2.24) is 25.2 Å². The van der Waals surface area contributed by atoms with E-state index in [4.69, 9.17) is 0 Å². The Hall–Kier alpha value is -3.42. The molecule has 1 aliphatic rings. The zero-order valence-electron chi connectivity index (χ0n) is 14.3. The molecule has 1 fully saturated rings. The quantitative estimate of drug-likeness (QED) is 0.750. The first-order chi connectivity index (χ1) is 12.6. The van der Waals surface area contributed by atoms with Gasteiger partial charge < -0.3 is 15.5 Å². The second-order valence-corrected chi connectivity index (χ2v) is 6.18. The van der Waals surface area contributed by atoms with Gasteiger partial charge in [-0.2, -0.15) is 0 Å². The van der Waals surface area contributed by atoms with Crippen molar-refractivity contribution in [3.8, 4) is 0 Å². The number of rotatable bonds is 4. The molecule has 4 rings (SSSR count). The molecule has 8 heteroatoms. The van der Waals surface area contributed by atoms with Crippen molar-refractivity contribution in [2.75, 3.05) is 18.4 Å². The van der Waals surface area contributed by atoms with E-state index in [0.717, 1.165) is 16.6 Å². The van der Waals surface area contributed by atoms with Gasteiger partial charge in [0, 0.05) is 37.9 Å². The molecular formula is C18H18N6O2. The van der Waals surface area contributed by atoms with Gasteiger partial charge in [0.2, 0.25) is 0 Å². The first-order valence-electron chi connectivity index (χ1n) is 8.33. The average Bonchev–Trinajstić information content (AvgIpc) is 3.22. The van der Waals surface area contributed by atoms with Gasteiger partial charge in [0.25, 0.3) is 5.91 Å². The molecule has 8 nitrogen and oxygen atoms in total. The summed E-state index contributed by atoms with van der Waals surface area (Å²) in [7, 11) is 1.79. The predicted octanol–water partition coefficient (Wildman–Crippen LogP) is 1.75. The lowest BCUT2D eigenvalue weighted by Gasteiger charge is -2.17. The summed E-state index contributed by atoms with van der Waals surface area (Å²) in [6.07, 6.45) is 0. The molecule has 1 saturated heterocycles. The number of carbonyl (C=O) groups is 2. The summed E-state index contributed by atoms with van der Waals surface area (Å²) >= 11 is 0. The highest BCUT2D eigenvalue weighted by Gasteiger charge is 2.21. The third-order valence-corrected chi connectivity index (χ3v) is 4.44.